The highest BCUT2D eigenvalue weighted by molar-refractivity contribution is 9.09. The van der Waals surface area contributed by atoms with Gasteiger partial charge >= 0.3 is 0 Å². The highest BCUT2D eigenvalue weighted by Crippen LogP contribution is 2.36. The van der Waals surface area contributed by atoms with Crippen LogP contribution in [-0.2, 0) is 6.42 Å². The highest BCUT2D eigenvalue weighted by atomic mass is 79.9. The van der Waals surface area contributed by atoms with Crippen molar-refractivity contribution < 1.29 is 4.39 Å². The van der Waals surface area contributed by atoms with Crippen LogP contribution in [0.4, 0.5) is 4.39 Å². The molecule has 0 nitrogen and oxygen atoms in total. The minimum absolute atomic E-state index is 0.0615. The summed E-state index contributed by atoms with van der Waals surface area (Å²) in [7, 11) is 0. The molecule has 0 radical (unpaired) electrons. The van der Waals surface area contributed by atoms with Gasteiger partial charge in [0.05, 0.1) is 0 Å². The first-order valence-electron chi connectivity index (χ1n) is 8.08. The maximum atomic E-state index is 13.7. The van der Waals surface area contributed by atoms with Gasteiger partial charge in [0.15, 0.2) is 0 Å². The van der Waals surface area contributed by atoms with E-state index in [2.05, 4.69) is 22.9 Å². The Morgan fingerprint density at radius 1 is 1.20 bits per heavy atom. The highest BCUT2D eigenvalue weighted by Gasteiger charge is 2.26. The lowest BCUT2D eigenvalue weighted by Gasteiger charge is -2.31. The van der Waals surface area contributed by atoms with E-state index in [4.69, 9.17) is 0 Å². The maximum Gasteiger partial charge on any atom is 0.126 e. The zero-order valence-corrected chi connectivity index (χ0v) is 14.0. The van der Waals surface area contributed by atoms with Crippen LogP contribution in [0.1, 0.15) is 57.4 Å². The van der Waals surface area contributed by atoms with Crippen LogP contribution in [0.25, 0.3) is 0 Å². The SMILES string of the molecule is CCCCC1CCC(C(Br)Cc2ccccc2F)CC1. The Kier molecular flexibility index (Phi) is 6.54. The molecule has 1 aliphatic carbocycles. The zero-order valence-electron chi connectivity index (χ0n) is 12.5. The smallest absolute Gasteiger partial charge is 0.126 e. The molecule has 0 amide bonds. The molecule has 0 spiro atoms. The Hall–Kier alpha value is -0.370. The van der Waals surface area contributed by atoms with Crippen LogP contribution in [0, 0.1) is 17.7 Å². The molecule has 1 saturated carbocycles. The van der Waals surface area contributed by atoms with Crippen LogP contribution >= 0.6 is 15.9 Å². The van der Waals surface area contributed by atoms with Gasteiger partial charge < -0.3 is 0 Å². The summed E-state index contributed by atoms with van der Waals surface area (Å²) < 4.78 is 13.7. The molecule has 0 saturated heterocycles. The number of rotatable bonds is 6. The molecule has 2 rings (SSSR count). The number of halogens is 2. The molecule has 20 heavy (non-hydrogen) atoms. The molecule has 1 aliphatic rings. The topological polar surface area (TPSA) is 0 Å². The summed E-state index contributed by atoms with van der Waals surface area (Å²) in [6.45, 7) is 2.27. The first-order chi connectivity index (χ1) is 9.70. The lowest BCUT2D eigenvalue weighted by atomic mass is 9.78. The van der Waals surface area contributed by atoms with Crippen molar-refractivity contribution in [2.75, 3.05) is 0 Å². The maximum absolute atomic E-state index is 13.7. The average molecular weight is 341 g/mol. The van der Waals surface area contributed by atoms with E-state index in [0.29, 0.717) is 10.7 Å². The van der Waals surface area contributed by atoms with Gasteiger partial charge in [-0.15, -0.1) is 0 Å². The molecule has 112 valence electrons. The third kappa shape index (κ3) is 4.58. The van der Waals surface area contributed by atoms with Crippen LogP contribution < -0.4 is 0 Å². The van der Waals surface area contributed by atoms with Crippen LogP contribution in [0.2, 0.25) is 0 Å². The quantitative estimate of drug-likeness (QED) is 0.546. The van der Waals surface area contributed by atoms with Crippen molar-refractivity contribution >= 4 is 15.9 Å². The van der Waals surface area contributed by atoms with Crippen molar-refractivity contribution in [2.24, 2.45) is 11.8 Å². The van der Waals surface area contributed by atoms with E-state index in [1.807, 2.05) is 12.1 Å². The number of benzene rings is 1. The van der Waals surface area contributed by atoms with E-state index in [0.717, 1.165) is 17.9 Å². The van der Waals surface area contributed by atoms with Gasteiger partial charge in [-0.2, -0.15) is 0 Å². The molecule has 1 aromatic rings. The van der Waals surface area contributed by atoms with Gasteiger partial charge in [0, 0.05) is 4.83 Å². The second-order valence-electron chi connectivity index (χ2n) is 6.23. The van der Waals surface area contributed by atoms with Crippen molar-refractivity contribution in [2.45, 2.75) is 63.1 Å². The number of hydrogen-bond acceptors (Lipinski definition) is 0. The first kappa shape index (κ1) is 16.0. The fourth-order valence-corrected chi connectivity index (χ4v) is 4.25. The zero-order chi connectivity index (χ0) is 14.4. The predicted octanol–water partition coefficient (Wildman–Crippen LogP) is 6.13. The molecule has 0 aliphatic heterocycles. The summed E-state index contributed by atoms with van der Waals surface area (Å²) in [5.74, 6) is 1.60. The van der Waals surface area contributed by atoms with Crippen LogP contribution in [-0.4, -0.2) is 4.83 Å². The summed E-state index contributed by atoms with van der Waals surface area (Å²) in [6, 6.07) is 7.17. The van der Waals surface area contributed by atoms with E-state index in [1.165, 1.54) is 44.9 Å². The van der Waals surface area contributed by atoms with E-state index in [-0.39, 0.29) is 5.82 Å². The summed E-state index contributed by atoms with van der Waals surface area (Å²) in [4.78, 5) is 0.423. The minimum atomic E-state index is -0.0615. The molecule has 1 unspecified atom stereocenters. The molecule has 0 heterocycles. The molecular formula is C18H26BrF. The fourth-order valence-electron chi connectivity index (χ4n) is 3.37. The van der Waals surface area contributed by atoms with E-state index in [9.17, 15) is 4.39 Å². The molecule has 0 aromatic heterocycles. The molecule has 0 bridgehead atoms. The Bertz CT molecular complexity index is 396. The van der Waals surface area contributed by atoms with Gasteiger partial charge in [0.25, 0.3) is 0 Å². The standard InChI is InChI=1S/C18H26BrF/c1-2-3-6-14-9-11-15(12-10-14)17(19)13-16-7-4-5-8-18(16)20/h4-5,7-8,14-15,17H,2-3,6,9-13H2,1H3. The number of hydrogen-bond donors (Lipinski definition) is 0. The second kappa shape index (κ2) is 8.17. The van der Waals surface area contributed by atoms with Crippen molar-refractivity contribution in [3.63, 3.8) is 0 Å². The van der Waals surface area contributed by atoms with Crippen LogP contribution in [0.3, 0.4) is 0 Å². The van der Waals surface area contributed by atoms with E-state index < -0.39 is 0 Å². The summed E-state index contributed by atoms with van der Waals surface area (Å²) in [5, 5.41) is 0. The number of unbranched alkanes of at least 4 members (excludes halogenated alkanes) is 1. The summed E-state index contributed by atoms with van der Waals surface area (Å²) >= 11 is 3.82. The summed E-state index contributed by atoms with van der Waals surface area (Å²) in [5.41, 5.74) is 0.850. The molecule has 0 N–H and O–H groups in total. The first-order valence-corrected chi connectivity index (χ1v) is 8.99. The van der Waals surface area contributed by atoms with Gasteiger partial charge in [-0.25, -0.2) is 4.39 Å². The normalized spacial score (nSPS) is 24.6. The minimum Gasteiger partial charge on any atom is -0.207 e. The Balaban J connectivity index is 1.80. The fraction of sp³-hybridized carbons (Fsp3) is 0.667. The van der Waals surface area contributed by atoms with Crippen molar-refractivity contribution in [3.05, 3.63) is 35.6 Å². The lowest BCUT2D eigenvalue weighted by Crippen LogP contribution is -2.23. The van der Waals surface area contributed by atoms with Gasteiger partial charge in [0.2, 0.25) is 0 Å². The third-order valence-corrected chi connectivity index (χ3v) is 5.81. The average Bonchev–Trinajstić information content (AvgIpc) is 2.48. The van der Waals surface area contributed by atoms with E-state index in [1.54, 1.807) is 12.1 Å². The molecule has 2 heteroatoms. The third-order valence-electron chi connectivity index (χ3n) is 4.74. The summed E-state index contributed by atoms with van der Waals surface area (Å²) in [6.07, 6.45) is 10.3. The largest absolute Gasteiger partial charge is 0.207 e. The van der Waals surface area contributed by atoms with Crippen molar-refractivity contribution in [1.29, 1.82) is 0 Å². The lowest BCUT2D eigenvalue weighted by molar-refractivity contribution is 0.256. The Morgan fingerprint density at radius 3 is 2.55 bits per heavy atom. The van der Waals surface area contributed by atoms with Crippen molar-refractivity contribution in [1.82, 2.24) is 0 Å². The van der Waals surface area contributed by atoms with E-state index >= 15 is 0 Å². The van der Waals surface area contributed by atoms with Gasteiger partial charge in [-0.3, -0.25) is 0 Å². The predicted molar refractivity (Wildman–Crippen MR) is 87.8 cm³/mol. The molecule has 1 aromatic carbocycles. The van der Waals surface area contributed by atoms with Gasteiger partial charge in [-0.05, 0) is 42.7 Å². The van der Waals surface area contributed by atoms with Crippen LogP contribution in [0.5, 0.6) is 0 Å². The molecule has 1 atom stereocenters. The van der Waals surface area contributed by atoms with Gasteiger partial charge in [-0.1, -0.05) is 73.2 Å². The van der Waals surface area contributed by atoms with Gasteiger partial charge in [0.1, 0.15) is 5.82 Å². The van der Waals surface area contributed by atoms with Crippen molar-refractivity contribution in [3.8, 4) is 0 Å². The van der Waals surface area contributed by atoms with Crippen LogP contribution in [0.15, 0.2) is 24.3 Å². The molecular weight excluding hydrogens is 315 g/mol. The Morgan fingerprint density at radius 2 is 1.90 bits per heavy atom. The monoisotopic (exact) mass is 340 g/mol. The Labute approximate surface area is 131 Å². The molecule has 1 fully saturated rings. The second-order valence-corrected chi connectivity index (χ2v) is 7.41. The number of alkyl halides is 1.